The van der Waals surface area contributed by atoms with Gasteiger partial charge in [0.1, 0.15) is 11.6 Å². The van der Waals surface area contributed by atoms with E-state index in [0.29, 0.717) is 23.4 Å². The minimum absolute atomic E-state index is 0.0590. The lowest BCUT2D eigenvalue weighted by atomic mass is 9.73. The molecule has 41 heavy (non-hydrogen) atoms. The Balaban J connectivity index is 1.43. The standard InChI is InChI=1S/C30H35F2N7O2/c1-16(2)41-15-19-10-23(31)28(24(32)11-19)26-6-5-21-13-35-30(39(21)38-26)37-27-14-34-8-7-22(27)20-9-17(3)29(25(33)12-20)36-18(4)40/h5-8,10-11,13-14,16-17,20,25,29H,9,12,15,33H2,1-4H3,(H,35,37)(H,36,40). The van der Waals surface area contributed by atoms with Crippen molar-refractivity contribution >= 4 is 23.1 Å². The number of amides is 1. The Morgan fingerprint density at radius 1 is 1.17 bits per heavy atom. The maximum Gasteiger partial charge on any atom is 0.229 e. The molecule has 11 heteroatoms. The van der Waals surface area contributed by atoms with Crippen LogP contribution in [-0.2, 0) is 16.1 Å². The number of hydrogen-bond acceptors (Lipinski definition) is 7. The van der Waals surface area contributed by atoms with Crippen LogP contribution < -0.4 is 16.4 Å². The van der Waals surface area contributed by atoms with Gasteiger partial charge in [-0.25, -0.2) is 13.8 Å². The van der Waals surface area contributed by atoms with Crippen molar-refractivity contribution in [1.29, 1.82) is 0 Å². The number of halogens is 2. The molecule has 0 radical (unpaired) electrons. The Hall–Kier alpha value is -3.96. The minimum atomic E-state index is -0.719. The molecule has 4 N–H and O–H groups in total. The van der Waals surface area contributed by atoms with Crippen LogP contribution in [0.5, 0.6) is 0 Å². The molecule has 4 aromatic rings. The Kier molecular flexibility index (Phi) is 8.27. The van der Waals surface area contributed by atoms with Gasteiger partial charge >= 0.3 is 0 Å². The fourth-order valence-electron chi connectivity index (χ4n) is 5.63. The average Bonchev–Trinajstić information content (AvgIpc) is 3.31. The number of hydrogen-bond donors (Lipinski definition) is 3. The van der Waals surface area contributed by atoms with E-state index in [1.54, 1.807) is 30.7 Å². The Labute approximate surface area is 237 Å². The first kappa shape index (κ1) is 28.6. The number of imidazole rings is 1. The normalized spacial score (nSPS) is 20.9. The highest BCUT2D eigenvalue weighted by Gasteiger charge is 2.35. The minimum Gasteiger partial charge on any atom is -0.374 e. The van der Waals surface area contributed by atoms with E-state index < -0.39 is 11.6 Å². The third-order valence-corrected chi connectivity index (χ3v) is 7.52. The zero-order chi connectivity index (χ0) is 29.3. The lowest BCUT2D eigenvalue weighted by Gasteiger charge is -2.39. The van der Waals surface area contributed by atoms with E-state index in [4.69, 9.17) is 10.5 Å². The zero-order valence-corrected chi connectivity index (χ0v) is 23.6. The molecule has 1 aliphatic carbocycles. The molecular weight excluding hydrogens is 528 g/mol. The number of fused-ring (bicyclic) bond motifs is 1. The molecule has 216 valence electrons. The molecule has 3 heterocycles. The highest BCUT2D eigenvalue weighted by molar-refractivity contribution is 5.73. The first-order valence-corrected chi connectivity index (χ1v) is 13.8. The molecule has 1 aliphatic rings. The number of aromatic nitrogens is 4. The van der Waals surface area contributed by atoms with Crippen molar-refractivity contribution in [2.75, 3.05) is 5.32 Å². The quantitative estimate of drug-likeness (QED) is 0.273. The summed E-state index contributed by atoms with van der Waals surface area (Å²) in [6.07, 6.45) is 6.54. The molecule has 5 rings (SSSR count). The maximum atomic E-state index is 15.1. The number of pyridine rings is 1. The van der Waals surface area contributed by atoms with Crippen LogP contribution in [0.1, 0.15) is 57.6 Å². The third-order valence-electron chi connectivity index (χ3n) is 7.52. The van der Waals surface area contributed by atoms with Gasteiger partial charge in [-0.05, 0) is 80.0 Å². The van der Waals surface area contributed by atoms with Gasteiger partial charge in [0, 0.05) is 25.2 Å². The van der Waals surface area contributed by atoms with Crippen molar-refractivity contribution in [2.24, 2.45) is 11.7 Å². The zero-order valence-electron chi connectivity index (χ0n) is 23.6. The van der Waals surface area contributed by atoms with Crippen molar-refractivity contribution in [3.8, 4) is 11.3 Å². The second kappa shape index (κ2) is 11.9. The van der Waals surface area contributed by atoms with Crippen LogP contribution in [0.3, 0.4) is 0 Å². The van der Waals surface area contributed by atoms with Crippen LogP contribution >= 0.6 is 0 Å². The van der Waals surface area contributed by atoms with Gasteiger partial charge in [0.05, 0.1) is 47.6 Å². The fraction of sp³-hybridized carbons (Fsp3) is 0.400. The van der Waals surface area contributed by atoms with Crippen LogP contribution in [0.4, 0.5) is 20.4 Å². The summed E-state index contributed by atoms with van der Waals surface area (Å²) in [7, 11) is 0. The van der Waals surface area contributed by atoms with Crippen LogP contribution in [0.25, 0.3) is 16.8 Å². The van der Waals surface area contributed by atoms with Gasteiger partial charge in [-0.1, -0.05) is 6.92 Å². The van der Waals surface area contributed by atoms with Crippen molar-refractivity contribution in [2.45, 2.75) is 71.2 Å². The summed E-state index contributed by atoms with van der Waals surface area (Å²) in [5, 5.41) is 10.8. The Bertz CT molecular complexity index is 1520. The molecule has 0 aliphatic heterocycles. The summed E-state index contributed by atoms with van der Waals surface area (Å²) < 4.78 is 37.2. The van der Waals surface area contributed by atoms with Gasteiger partial charge in [0.15, 0.2) is 0 Å². The fourth-order valence-corrected chi connectivity index (χ4v) is 5.63. The number of nitrogens with two attached hydrogens (primary N) is 1. The van der Waals surface area contributed by atoms with Crippen molar-refractivity contribution in [1.82, 2.24) is 24.9 Å². The van der Waals surface area contributed by atoms with Crippen LogP contribution in [0, 0.1) is 17.6 Å². The number of ether oxygens (including phenoxy) is 1. The van der Waals surface area contributed by atoms with E-state index in [1.165, 1.54) is 23.6 Å². The highest BCUT2D eigenvalue weighted by Crippen LogP contribution is 2.39. The molecular formula is C30H35F2N7O2. The summed E-state index contributed by atoms with van der Waals surface area (Å²) in [6.45, 7) is 7.43. The molecule has 0 bridgehead atoms. The predicted octanol–water partition coefficient (Wildman–Crippen LogP) is 5.08. The molecule has 1 aromatic carbocycles. The molecule has 0 spiro atoms. The Morgan fingerprint density at radius 2 is 1.93 bits per heavy atom. The number of nitrogens with zero attached hydrogens (tertiary/aromatic N) is 4. The number of nitrogens with one attached hydrogen (secondary N) is 2. The highest BCUT2D eigenvalue weighted by atomic mass is 19.1. The maximum absolute atomic E-state index is 15.1. The van der Waals surface area contributed by atoms with Crippen LogP contribution in [0.15, 0.2) is 48.9 Å². The van der Waals surface area contributed by atoms with Crippen molar-refractivity contribution in [3.05, 3.63) is 71.7 Å². The van der Waals surface area contributed by atoms with Crippen LogP contribution in [-0.4, -0.2) is 43.7 Å². The van der Waals surface area contributed by atoms with E-state index in [1.807, 2.05) is 19.9 Å². The molecule has 3 aromatic heterocycles. The molecule has 1 amide bonds. The van der Waals surface area contributed by atoms with Crippen molar-refractivity contribution in [3.63, 3.8) is 0 Å². The summed E-state index contributed by atoms with van der Waals surface area (Å²) in [6, 6.07) is 7.50. The molecule has 9 nitrogen and oxygen atoms in total. The summed E-state index contributed by atoms with van der Waals surface area (Å²) in [5.74, 6) is -0.837. The SMILES string of the molecule is CC(=O)NC1C(C)CC(c2ccncc2Nc2ncc3ccc(-c4c(F)cc(COC(C)C)cc4F)nn23)CC1N. The van der Waals surface area contributed by atoms with Gasteiger partial charge in [-0.3, -0.25) is 9.78 Å². The largest absolute Gasteiger partial charge is 0.374 e. The monoisotopic (exact) mass is 563 g/mol. The predicted molar refractivity (Wildman–Crippen MR) is 153 cm³/mol. The van der Waals surface area contributed by atoms with Crippen molar-refractivity contribution < 1.29 is 18.3 Å². The van der Waals surface area contributed by atoms with Crippen LogP contribution in [0.2, 0.25) is 0 Å². The molecule has 0 saturated heterocycles. The van der Waals surface area contributed by atoms with Gasteiger partial charge < -0.3 is 21.1 Å². The third kappa shape index (κ3) is 6.20. The lowest BCUT2D eigenvalue weighted by Crippen LogP contribution is -2.54. The number of carbonyl (C=O) groups is 1. The van der Waals surface area contributed by atoms with E-state index in [2.05, 4.69) is 32.6 Å². The Morgan fingerprint density at radius 3 is 2.61 bits per heavy atom. The molecule has 1 fully saturated rings. The average molecular weight is 564 g/mol. The van der Waals surface area contributed by atoms with E-state index in [9.17, 15) is 4.79 Å². The first-order valence-electron chi connectivity index (χ1n) is 13.8. The number of anilines is 2. The molecule has 4 unspecified atom stereocenters. The summed E-state index contributed by atoms with van der Waals surface area (Å²) in [4.78, 5) is 20.4. The summed E-state index contributed by atoms with van der Waals surface area (Å²) in [5.41, 5.74) is 9.22. The second-order valence-electron chi connectivity index (χ2n) is 11.1. The number of carbonyl (C=O) groups excluding carboxylic acids is 1. The van der Waals surface area contributed by atoms with Gasteiger partial charge in [-0.15, -0.1) is 0 Å². The topological polar surface area (TPSA) is 119 Å². The van der Waals surface area contributed by atoms with Gasteiger partial charge in [-0.2, -0.15) is 9.61 Å². The smallest absolute Gasteiger partial charge is 0.229 e. The van der Waals surface area contributed by atoms with E-state index in [0.717, 1.165) is 17.7 Å². The first-order chi connectivity index (χ1) is 19.6. The second-order valence-corrected chi connectivity index (χ2v) is 11.1. The van der Waals surface area contributed by atoms with E-state index in [-0.39, 0.29) is 53.8 Å². The van der Waals surface area contributed by atoms with Gasteiger partial charge in [0.2, 0.25) is 11.9 Å². The number of rotatable bonds is 8. The lowest BCUT2D eigenvalue weighted by molar-refractivity contribution is -0.120. The summed E-state index contributed by atoms with van der Waals surface area (Å²) >= 11 is 0. The van der Waals surface area contributed by atoms with Gasteiger partial charge in [0.25, 0.3) is 0 Å². The number of benzene rings is 1. The molecule has 1 saturated carbocycles. The van der Waals surface area contributed by atoms with E-state index >= 15 is 8.78 Å². The molecule has 4 atom stereocenters.